The fourth-order valence-electron chi connectivity index (χ4n) is 2.33. The number of benzene rings is 2. The van der Waals surface area contributed by atoms with Crippen LogP contribution in [-0.4, -0.2) is 22.1 Å². The van der Waals surface area contributed by atoms with E-state index in [0.717, 1.165) is 12.1 Å². The van der Waals surface area contributed by atoms with Crippen LogP contribution in [0, 0.1) is 6.92 Å². The Hall–Kier alpha value is -2.17. The van der Waals surface area contributed by atoms with Crippen molar-refractivity contribution in [1.82, 2.24) is 15.0 Å². The third-order valence-corrected chi connectivity index (χ3v) is 3.80. The highest BCUT2D eigenvalue weighted by atomic mass is 35.5. The smallest absolute Gasteiger partial charge is 0.241 e. The molecule has 0 amide bonds. The van der Waals surface area contributed by atoms with E-state index in [-0.39, 0.29) is 0 Å². The summed E-state index contributed by atoms with van der Waals surface area (Å²) in [5, 5.41) is 4.72. The lowest BCUT2D eigenvalue weighted by atomic mass is 10.1. The third kappa shape index (κ3) is 4.18. The number of hydrogen-bond donors (Lipinski definition) is 0. The molecule has 0 aliphatic carbocycles. The van der Waals surface area contributed by atoms with Crippen LogP contribution in [-0.2, 0) is 13.1 Å². The number of nitrogens with zero attached hydrogens (tertiary/aromatic N) is 3. The predicted octanol–water partition coefficient (Wildman–Crippen LogP) is 4.33. The van der Waals surface area contributed by atoms with Crippen molar-refractivity contribution in [2.24, 2.45) is 0 Å². The van der Waals surface area contributed by atoms with Crippen LogP contribution in [0.4, 0.5) is 0 Å². The molecule has 0 radical (unpaired) electrons. The molecule has 0 saturated carbocycles. The highest BCUT2D eigenvalue weighted by Crippen LogP contribution is 2.19. The van der Waals surface area contributed by atoms with Gasteiger partial charge >= 0.3 is 0 Å². The van der Waals surface area contributed by atoms with Gasteiger partial charge in [0.25, 0.3) is 0 Å². The van der Waals surface area contributed by atoms with E-state index in [2.05, 4.69) is 46.2 Å². The Labute approximate surface area is 140 Å². The van der Waals surface area contributed by atoms with Gasteiger partial charge in [0, 0.05) is 17.1 Å². The highest BCUT2D eigenvalue weighted by molar-refractivity contribution is 6.30. The number of rotatable bonds is 5. The van der Waals surface area contributed by atoms with Gasteiger partial charge in [-0.1, -0.05) is 46.6 Å². The zero-order valence-corrected chi connectivity index (χ0v) is 13.9. The number of hydrogen-bond acceptors (Lipinski definition) is 4. The molecule has 0 bridgehead atoms. The Morgan fingerprint density at radius 1 is 1.00 bits per heavy atom. The molecule has 0 N–H and O–H groups in total. The molecular formula is C18H18ClN3O. The van der Waals surface area contributed by atoms with Gasteiger partial charge in [-0.2, -0.15) is 4.98 Å². The van der Waals surface area contributed by atoms with Crippen LogP contribution >= 0.6 is 11.6 Å². The van der Waals surface area contributed by atoms with Crippen LogP contribution in [0.25, 0.3) is 11.4 Å². The molecule has 0 aliphatic heterocycles. The van der Waals surface area contributed by atoms with Crippen molar-refractivity contribution in [3.05, 3.63) is 70.6 Å². The van der Waals surface area contributed by atoms with Crippen molar-refractivity contribution in [2.75, 3.05) is 7.05 Å². The highest BCUT2D eigenvalue weighted by Gasteiger charge is 2.11. The molecule has 0 spiro atoms. The van der Waals surface area contributed by atoms with Crippen LogP contribution in [0.3, 0.4) is 0 Å². The number of aromatic nitrogens is 2. The van der Waals surface area contributed by atoms with E-state index in [4.69, 9.17) is 16.1 Å². The summed E-state index contributed by atoms with van der Waals surface area (Å²) < 4.78 is 5.34. The van der Waals surface area contributed by atoms with E-state index in [1.807, 2.05) is 31.3 Å². The van der Waals surface area contributed by atoms with Crippen LogP contribution in [0.2, 0.25) is 5.02 Å². The van der Waals surface area contributed by atoms with E-state index in [9.17, 15) is 0 Å². The fourth-order valence-corrected chi connectivity index (χ4v) is 2.45. The summed E-state index contributed by atoms with van der Waals surface area (Å²) in [4.78, 5) is 6.59. The summed E-state index contributed by atoms with van der Waals surface area (Å²) in [7, 11) is 2.03. The lowest BCUT2D eigenvalue weighted by Crippen LogP contribution is -2.17. The second-order valence-electron chi connectivity index (χ2n) is 5.68. The quantitative estimate of drug-likeness (QED) is 0.699. The molecular weight excluding hydrogens is 310 g/mol. The summed E-state index contributed by atoms with van der Waals surface area (Å²) >= 11 is 5.89. The predicted molar refractivity (Wildman–Crippen MR) is 91.1 cm³/mol. The van der Waals surface area contributed by atoms with Gasteiger partial charge in [-0.15, -0.1) is 0 Å². The molecule has 118 valence electrons. The van der Waals surface area contributed by atoms with Crippen molar-refractivity contribution in [3.63, 3.8) is 0 Å². The first-order valence-electron chi connectivity index (χ1n) is 7.43. The van der Waals surface area contributed by atoms with Gasteiger partial charge in [0.1, 0.15) is 0 Å². The van der Waals surface area contributed by atoms with Gasteiger partial charge in [0.05, 0.1) is 6.54 Å². The Morgan fingerprint density at radius 2 is 1.70 bits per heavy atom. The molecule has 3 rings (SSSR count). The maximum Gasteiger partial charge on any atom is 0.241 e. The molecule has 5 heteroatoms. The van der Waals surface area contributed by atoms with E-state index in [0.29, 0.717) is 23.3 Å². The second-order valence-corrected chi connectivity index (χ2v) is 6.11. The molecule has 0 atom stereocenters. The van der Waals surface area contributed by atoms with E-state index in [1.54, 1.807) is 0 Å². The van der Waals surface area contributed by atoms with Crippen LogP contribution in [0.15, 0.2) is 53.1 Å². The largest absolute Gasteiger partial charge is 0.338 e. The average molecular weight is 328 g/mol. The second kappa shape index (κ2) is 6.94. The topological polar surface area (TPSA) is 42.2 Å². The first-order chi connectivity index (χ1) is 11.1. The molecule has 3 aromatic rings. The van der Waals surface area contributed by atoms with Gasteiger partial charge in [-0.05, 0) is 43.8 Å². The minimum atomic E-state index is 0.584. The first kappa shape index (κ1) is 15.7. The summed E-state index contributed by atoms with van der Waals surface area (Å²) in [6.45, 7) is 3.53. The Morgan fingerprint density at radius 3 is 2.39 bits per heavy atom. The summed E-state index contributed by atoms with van der Waals surface area (Å²) in [6, 6.07) is 15.9. The average Bonchev–Trinajstić information content (AvgIpc) is 2.98. The lowest BCUT2D eigenvalue weighted by Gasteiger charge is -2.14. The Balaban J connectivity index is 1.64. The molecule has 1 aromatic heterocycles. The maximum atomic E-state index is 5.89. The number of halogens is 1. The van der Waals surface area contributed by atoms with Crippen LogP contribution in [0.5, 0.6) is 0 Å². The van der Waals surface area contributed by atoms with Crippen LogP contribution < -0.4 is 0 Å². The van der Waals surface area contributed by atoms with Crippen molar-refractivity contribution >= 4 is 11.6 Å². The maximum absolute atomic E-state index is 5.89. The summed E-state index contributed by atoms with van der Waals surface area (Å²) in [5.41, 5.74) is 3.42. The third-order valence-electron chi connectivity index (χ3n) is 3.55. The SMILES string of the molecule is Cc1ccc(CN(C)Cc2nc(-c3ccc(Cl)cc3)no2)cc1. The molecule has 0 saturated heterocycles. The minimum absolute atomic E-state index is 0.584. The van der Waals surface area contributed by atoms with Gasteiger partial charge in [-0.25, -0.2) is 0 Å². The van der Waals surface area contributed by atoms with Gasteiger partial charge in [0.15, 0.2) is 0 Å². The molecule has 0 fully saturated rings. The molecule has 1 heterocycles. The van der Waals surface area contributed by atoms with Crippen molar-refractivity contribution < 1.29 is 4.52 Å². The fraction of sp³-hybridized carbons (Fsp3) is 0.222. The number of aryl methyl sites for hydroxylation is 1. The molecule has 4 nitrogen and oxygen atoms in total. The lowest BCUT2D eigenvalue weighted by molar-refractivity contribution is 0.261. The van der Waals surface area contributed by atoms with E-state index >= 15 is 0 Å². The Bertz CT molecular complexity index is 766. The van der Waals surface area contributed by atoms with Gasteiger partial charge in [0.2, 0.25) is 11.7 Å². The van der Waals surface area contributed by atoms with Crippen molar-refractivity contribution in [3.8, 4) is 11.4 Å². The molecule has 2 aromatic carbocycles. The van der Waals surface area contributed by atoms with Crippen LogP contribution in [0.1, 0.15) is 17.0 Å². The normalized spacial score (nSPS) is 11.1. The first-order valence-corrected chi connectivity index (χ1v) is 7.80. The Kier molecular flexibility index (Phi) is 4.74. The standard InChI is InChI=1S/C18H18ClN3O/c1-13-3-5-14(6-4-13)11-22(2)12-17-20-18(21-23-17)15-7-9-16(19)10-8-15/h3-10H,11-12H2,1-2H3. The van der Waals surface area contributed by atoms with Gasteiger partial charge in [-0.3, -0.25) is 4.90 Å². The molecule has 0 aliphatic rings. The minimum Gasteiger partial charge on any atom is -0.338 e. The van der Waals surface area contributed by atoms with E-state index < -0.39 is 0 Å². The zero-order chi connectivity index (χ0) is 16.2. The van der Waals surface area contributed by atoms with Crippen molar-refractivity contribution in [1.29, 1.82) is 0 Å². The van der Waals surface area contributed by atoms with E-state index in [1.165, 1.54) is 11.1 Å². The zero-order valence-electron chi connectivity index (χ0n) is 13.2. The summed E-state index contributed by atoms with van der Waals surface area (Å²) in [6.07, 6.45) is 0. The molecule has 0 unspecified atom stereocenters. The van der Waals surface area contributed by atoms with Gasteiger partial charge < -0.3 is 4.52 Å². The summed E-state index contributed by atoms with van der Waals surface area (Å²) in [5.74, 6) is 1.19. The molecule has 23 heavy (non-hydrogen) atoms. The monoisotopic (exact) mass is 327 g/mol. The van der Waals surface area contributed by atoms with Crippen molar-refractivity contribution in [2.45, 2.75) is 20.0 Å².